The molecule has 1 aliphatic rings. The van der Waals surface area contributed by atoms with Crippen LogP contribution in [0.15, 0.2) is 42.5 Å². The van der Waals surface area contributed by atoms with E-state index in [1.807, 2.05) is 43.3 Å². The third kappa shape index (κ3) is 6.63. The minimum Gasteiger partial charge on any atom is -0.362 e. The summed E-state index contributed by atoms with van der Waals surface area (Å²) in [6, 6.07) is 9.77. The van der Waals surface area contributed by atoms with Crippen LogP contribution in [-0.4, -0.2) is 36.6 Å². The van der Waals surface area contributed by atoms with E-state index in [-0.39, 0.29) is 30.1 Å². The van der Waals surface area contributed by atoms with Crippen LogP contribution in [0.5, 0.6) is 0 Å². The molecule has 2 aromatic carbocycles. The molecule has 0 aliphatic heterocycles. The third-order valence-corrected chi connectivity index (χ3v) is 6.68. The minimum atomic E-state index is -4.86. The van der Waals surface area contributed by atoms with E-state index in [0.29, 0.717) is 18.6 Å². The summed E-state index contributed by atoms with van der Waals surface area (Å²) >= 11 is 0. The average Bonchev–Trinajstić information content (AvgIpc) is 2.83. The SMILES string of the molecule is CN(C)c1nc(NC2CCC(CNCc3ccc(C(F)(F)F)cc3C(F)(F)F)CC2)nc2ccccc12. The highest BCUT2D eigenvalue weighted by Gasteiger charge is 2.38. The number of para-hydroxylation sites is 1. The molecule has 200 valence electrons. The van der Waals surface area contributed by atoms with Gasteiger partial charge in [-0.05, 0) is 68.0 Å². The van der Waals surface area contributed by atoms with E-state index in [1.54, 1.807) is 0 Å². The Labute approximate surface area is 211 Å². The van der Waals surface area contributed by atoms with Crippen molar-refractivity contribution in [2.24, 2.45) is 5.92 Å². The van der Waals surface area contributed by atoms with Gasteiger partial charge in [-0.2, -0.15) is 31.3 Å². The number of halogens is 6. The number of benzene rings is 2. The monoisotopic (exact) mass is 525 g/mol. The first-order valence-corrected chi connectivity index (χ1v) is 12.1. The van der Waals surface area contributed by atoms with Crippen LogP contribution in [0.4, 0.5) is 38.1 Å². The summed E-state index contributed by atoms with van der Waals surface area (Å²) in [4.78, 5) is 11.3. The van der Waals surface area contributed by atoms with Gasteiger partial charge in [0.25, 0.3) is 0 Å². The largest absolute Gasteiger partial charge is 0.416 e. The van der Waals surface area contributed by atoms with Crippen molar-refractivity contribution < 1.29 is 26.3 Å². The molecule has 1 aliphatic carbocycles. The molecule has 1 aromatic heterocycles. The predicted molar refractivity (Wildman–Crippen MR) is 131 cm³/mol. The van der Waals surface area contributed by atoms with Gasteiger partial charge in [0, 0.05) is 32.1 Å². The molecule has 5 nitrogen and oxygen atoms in total. The van der Waals surface area contributed by atoms with Crippen molar-refractivity contribution >= 4 is 22.7 Å². The molecule has 37 heavy (non-hydrogen) atoms. The zero-order valence-electron chi connectivity index (χ0n) is 20.5. The molecule has 4 rings (SSSR count). The maximum absolute atomic E-state index is 13.4. The Hall–Kier alpha value is -3.08. The molecule has 0 bridgehead atoms. The normalized spacial score (nSPS) is 18.7. The average molecular weight is 526 g/mol. The third-order valence-electron chi connectivity index (χ3n) is 6.68. The van der Waals surface area contributed by atoms with Crippen molar-refractivity contribution in [2.45, 2.75) is 50.6 Å². The van der Waals surface area contributed by atoms with Crippen LogP contribution in [0.25, 0.3) is 10.9 Å². The number of anilines is 2. The van der Waals surface area contributed by atoms with E-state index in [9.17, 15) is 26.3 Å². The second kappa shape index (κ2) is 10.7. The van der Waals surface area contributed by atoms with Crippen molar-refractivity contribution in [1.82, 2.24) is 15.3 Å². The van der Waals surface area contributed by atoms with Gasteiger partial charge in [-0.1, -0.05) is 18.2 Å². The Morgan fingerprint density at radius 1 is 0.892 bits per heavy atom. The molecule has 1 saturated carbocycles. The van der Waals surface area contributed by atoms with Gasteiger partial charge >= 0.3 is 12.4 Å². The molecule has 2 N–H and O–H groups in total. The van der Waals surface area contributed by atoms with Gasteiger partial charge in [0.05, 0.1) is 16.6 Å². The Morgan fingerprint density at radius 2 is 1.59 bits per heavy atom. The smallest absolute Gasteiger partial charge is 0.362 e. The number of hydrogen-bond acceptors (Lipinski definition) is 5. The maximum atomic E-state index is 13.4. The minimum absolute atomic E-state index is 0.149. The molecule has 0 spiro atoms. The van der Waals surface area contributed by atoms with Gasteiger partial charge in [0.15, 0.2) is 0 Å². The van der Waals surface area contributed by atoms with Crippen molar-refractivity contribution in [3.8, 4) is 0 Å². The van der Waals surface area contributed by atoms with Crippen molar-refractivity contribution in [3.05, 3.63) is 59.2 Å². The highest BCUT2D eigenvalue weighted by molar-refractivity contribution is 5.90. The summed E-state index contributed by atoms with van der Waals surface area (Å²) in [5, 5.41) is 7.41. The number of rotatable bonds is 7. The Kier molecular flexibility index (Phi) is 7.82. The Morgan fingerprint density at radius 3 is 2.24 bits per heavy atom. The van der Waals surface area contributed by atoms with Crippen LogP contribution in [0, 0.1) is 5.92 Å². The van der Waals surface area contributed by atoms with Crippen molar-refractivity contribution in [3.63, 3.8) is 0 Å². The van der Waals surface area contributed by atoms with E-state index in [4.69, 9.17) is 0 Å². The fourth-order valence-electron chi connectivity index (χ4n) is 4.74. The van der Waals surface area contributed by atoms with E-state index in [0.717, 1.165) is 48.5 Å². The maximum Gasteiger partial charge on any atom is 0.416 e. The van der Waals surface area contributed by atoms with Gasteiger partial charge in [0.1, 0.15) is 5.82 Å². The first-order chi connectivity index (χ1) is 17.4. The van der Waals surface area contributed by atoms with Crippen LogP contribution in [0.2, 0.25) is 0 Å². The summed E-state index contributed by atoms with van der Waals surface area (Å²) in [6.07, 6.45) is -6.26. The first-order valence-electron chi connectivity index (χ1n) is 12.1. The van der Waals surface area contributed by atoms with Crippen LogP contribution in [-0.2, 0) is 18.9 Å². The molecule has 0 atom stereocenters. The van der Waals surface area contributed by atoms with E-state index >= 15 is 0 Å². The Bertz CT molecular complexity index is 1220. The highest BCUT2D eigenvalue weighted by Crippen LogP contribution is 2.37. The van der Waals surface area contributed by atoms with Gasteiger partial charge in [0.2, 0.25) is 5.95 Å². The van der Waals surface area contributed by atoms with Gasteiger partial charge in [-0.3, -0.25) is 0 Å². The molecule has 0 unspecified atom stereocenters. The predicted octanol–water partition coefficient (Wildman–Crippen LogP) is 6.49. The molecule has 1 heterocycles. The van der Waals surface area contributed by atoms with Crippen molar-refractivity contribution in [2.75, 3.05) is 30.9 Å². The summed E-state index contributed by atoms with van der Waals surface area (Å²) in [5.41, 5.74) is -1.90. The lowest BCUT2D eigenvalue weighted by Gasteiger charge is -2.29. The molecule has 0 radical (unpaired) electrons. The second-order valence-corrected chi connectivity index (χ2v) is 9.64. The Balaban J connectivity index is 1.32. The number of nitrogens with one attached hydrogen (secondary N) is 2. The standard InChI is InChI=1S/C26H29F6N5/c1-37(2)23-20-5-3-4-6-22(20)35-24(36-23)34-19-11-7-16(8-12-19)14-33-15-17-9-10-18(25(27,28)29)13-21(17)26(30,31)32/h3-6,9-10,13,16,19,33H,7-8,11-12,14-15H2,1-2H3,(H,34,35,36). The molecular weight excluding hydrogens is 496 g/mol. The van der Waals surface area contributed by atoms with Crippen LogP contribution in [0.3, 0.4) is 0 Å². The lowest BCUT2D eigenvalue weighted by atomic mass is 9.86. The van der Waals surface area contributed by atoms with E-state index in [1.165, 1.54) is 0 Å². The lowest BCUT2D eigenvalue weighted by Crippen LogP contribution is -2.32. The number of nitrogens with zero attached hydrogens (tertiary/aromatic N) is 3. The quantitative estimate of drug-likeness (QED) is 0.345. The van der Waals surface area contributed by atoms with Crippen LogP contribution < -0.4 is 15.5 Å². The zero-order valence-corrected chi connectivity index (χ0v) is 20.5. The molecule has 3 aromatic rings. The van der Waals surface area contributed by atoms with E-state index < -0.39 is 23.5 Å². The fraction of sp³-hybridized carbons (Fsp3) is 0.462. The van der Waals surface area contributed by atoms with Crippen LogP contribution >= 0.6 is 0 Å². The number of aromatic nitrogens is 2. The van der Waals surface area contributed by atoms with Gasteiger partial charge in [-0.25, -0.2) is 4.98 Å². The highest BCUT2D eigenvalue weighted by atomic mass is 19.4. The van der Waals surface area contributed by atoms with Crippen molar-refractivity contribution in [1.29, 1.82) is 0 Å². The molecule has 0 amide bonds. The summed E-state index contributed by atoms with van der Waals surface area (Å²) in [5.74, 6) is 1.65. The second-order valence-electron chi connectivity index (χ2n) is 9.64. The molecule has 11 heteroatoms. The van der Waals surface area contributed by atoms with Crippen LogP contribution in [0.1, 0.15) is 42.4 Å². The summed E-state index contributed by atoms with van der Waals surface area (Å²) in [7, 11) is 3.86. The van der Waals surface area contributed by atoms with Gasteiger partial charge < -0.3 is 15.5 Å². The van der Waals surface area contributed by atoms with Gasteiger partial charge in [-0.15, -0.1) is 0 Å². The first kappa shape index (κ1) is 27.0. The zero-order chi connectivity index (χ0) is 26.8. The summed E-state index contributed by atoms with van der Waals surface area (Å²) in [6.45, 7) is 0.339. The fourth-order valence-corrected chi connectivity index (χ4v) is 4.74. The number of fused-ring (bicyclic) bond motifs is 1. The summed E-state index contributed by atoms with van der Waals surface area (Å²) < 4.78 is 78.7. The number of hydrogen-bond donors (Lipinski definition) is 2. The molecular formula is C26H29F6N5. The van der Waals surface area contributed by atoms with E-state index in [2.05, 4.69) is 20.6 Å². The molecule has 1 fully saturated rings. The number of alkyl halides is 6. The topological polar surface area (TPSA) is 53.1 Å². The lowest BCUT2D eigenvalue weighted by molar-refractivity contribution is -0.143. The molecule has 0 saturated heterocycles.